The smallest absolute Gasteiger partial charge is 0.335 e. The molecule has 1 fully saturated rings. The van der Waals surface area contributed by atoms with Crippen LogP contribution in [0.5, 0.6) is 0 Å². The van der Waals surface area contributed by atoms with Gasteiger partial charge in [-0.05, 0) is 37.0 Å². The zero-order valence-corrected chi connectivity index (χ0v) is 12.3. The Kier molecular flexibility index (Phi) is 4.97. The summed E-state index contributed by atoms with van der Waals surface area (Å²) >= 11 is 0. The summed E-state index contributed by atoms with van der Waals surface area (Å²) in [5, 5.41) is 18.3. The van der Waals surface area contributed by atoms with Crippen LogP contribution in [0.3, 0.4) is 0 Å². The van der Waals surface area contributed by atoms with Crippen LogP contribution in [0.2, 0.25) is 0 Å². The Morgan fingerprint density at radius 2 is 2.00 bits per heavy atom. The van der Waals surface area contributed by atoms with Crippen LogP contribution < -0.4 is 4.72 Å². The van der Waals surface area contributed by atoms with E-state index < -0.39 is 16.0 Å². The summed E-state index contributed by atoms with van der Waals surface area (Å²) in [6.45, 7) is -0.0532. The van der Waals surface area contributed by atoms with E-state index in [0.717, 1.165) is 25.3 Å². The lowest BCUT2D eigenvalue weighted by Gasteiger charge is -2.30. The molecule has 1 aromatic rings. The van der Waals surface area contributed by atoms with Gasteiger partial charge in [-0.25, -0.2) is 17.9 Å². The number of hydrogen-bond donors (Lipinski definition) is 3. The topological polar surface area (TPSA) is 104 Å². The van der Waals surface area contributed by atoms with E-state index in [1.54, 1.807) is 0 Å². The first-order valence-corrected chi connectivity index (χ1v) is 8.39. The maximum atomic E-state index is 12.4. The van der Waals surface area contributed by atoms with Gasteiger partial charge in [0.05, 0.1) is 10.5 Å². The lowest BCUT2D eigenvalue weighted by Crippen LogP contribution is -2.43. The van der Waals surface area contributed by atoms with Gasteiger partial charge in [-0.15, -0.1) is 0 Å². The third-order valence-corrected chi connectivity index (χ3v) is 5.33. The number of rotatable bonds is 5. The van der Waals surface area contributed by atoms with E-state index in [4.69, 9.17) is 5.11 Å². The van der Waals surface area contributed by atoms with Crippen LogP contribution in [0, 0.1) is 5.92 Å². The van der Waals surface area contributed by atoms with E-state index in [2.05, 4.69) is 4.72 Å². The number of nitrogens with one attached hydrogen (secondary N) is 1. The van der Waals surface area contributed by atoms with Crippen molar-refractivity contribution in [2.24, 2.45) is 5.92 Å². The highest BCUT2D eigenvalue weighted by molar-refractivity contribution is 7.89. The maximum Gasteiger partial charge on any atom is 0.335 e. The molecule has 6 nitrogen and oxygen atoms in total. The fourth-order valence-electron chi connectivity index (χ4n) is 2.64. The molecule has 0 bridgehead atoms. The number of hydrogen-bond acceptors (Lipinski definition) is 4. The van der Waals surface area contributed by atoms with Gasteiger partial charge in [-0.3, -0.25) is 0 Å². The predicted molar refractivity (Wildman–Crippen MR) is 76.6 cm³/mol. The number of benzene rings is 1. The quantitative estimate of drug-likeness (QED) is 0.758. The molecular formula is C14H19NO5S. The molecule has 2 atom stereocenters. The van der Waals surface area contributed by atoms with Gasteiger partial charge in [0.2, 0.25) is 10.0 Å². The van der Waals surface area contributed by atoms with Crippen molar-refractivity contribution in [2.45, 2.75) is 36.6 Å². The molecule has 0 heterocycles. The summed E-state index contributed by atoms with van der Waals surface area (Å²) in [6, 6.07) is 4.95. The summed E-state index contributed by atoms with van der Waals surface area (Å²) < 4.78 is 27.3. The molecule has 0 aliphatic heterocycles. The molecule has 3 N–H and O–H groups in total. The third kappa shape index (κ3) is 3.81. The highest BCUT2D eigenvalue weighted by atomic mass is 32.2. The number of sulfonamides is 1. The summed E-state index contributed by atoms with van der Waals surface area (Å²) in [5.41, 5.74) is -0.0692. The number of carbonyl (C=O) groups is 1. The van der Waals surface area contributed by atoms with Crippen molar-refractivity contribution < 1.29 is 23.4 Å². The Bertz CT molecular complexity index is 614. The van der Waals surface area contributed by atoms with Gasteiger partial charge in [0.15, 0.2) is 0 Å². The van der Waals surface area contributed by atoms with E-state index in [0.29, 0.717) is 6.42 Å². The molecule has 2 rings (SSSR count). The molecule has 0 aromatic heterocycles. The minimum atomic E-state index is -3.78. The third-order valence-electron chi connectivity index (χ3n) is 3.84. The lowest BCUT2D eigenvalue weighted by atomic mass is 9.86. The van der Waals surface area contributed by atoms with Crippen molar-refractivity contribution >= 4 is 16.0 Å². The summed E-state index contributed by atoms with van der Waals surface area (Å²) in [6.07, 6.45) is 3.37. The predicted octanol–water partition coefficient (Wildman–Crippen LogP) is 1.21. The number of aromatic carboxylic acids is 1. The molecule has 21 heavy (non-hydrogen) atoms. The van der Waals surface area contributed by atoms with Crippen LogP contribution in [0.25, 0.3) is 0 Å². The van der Waals surface area contributed by atoms with Gasteiger partial charge in [-0.1, -0.05) is 18.9 Å². The normalized spacial score (nSPS) is 22.9. The molecular weight excluding hydrogens is 294 g/mol. The first-order valence-electron chi connectivity index (χ1n) is 6.90. The molecule has 1 aliphatic rings. The SMILES string of the molecule is O=C(O)c1cccc(S(=O)(=O)NC2CCCCC2CO)c1. The van der Waals surface area contributed by atoms with Crippen LogP contribution >= 0.6 is 0 Å². The second-order valence-corrected chi connectivity index (χ2v) is 7.00. The van der Waals surface area contributed by atoms with Crippen molar-refractivity contribution in [3.63, 3.8) is 0 Å². The highest BCUT2D eigenvalue weighted by Gasteiger charge is 2.29. The monoisotopic (exact) mass is 313 g/mol. The Morgan fingerprint density at radius 3 is 2.67 bits per heavy atom. The van der Waals surface area contributed by atoms with E-state index in [9.17, 15) is 18.3 Å². The van der Waals surface area contributed by atoms with Crippen LogP contribution in [0.15, 0.2) is 29.2 Å². The Morgan fingerprint density at radius 1 is 1.29 bits per heavy atom. The van der Waals surface area contributed by atoms with Crippen molar-refractivity contribution in [1.29, 1.82) is 0 Å². The lowest BCUT2D eigenvalue weighted by molar-refractivity contribution is 0.0696. The first-order chi connectivity index (χ1) is 9.94. The van der Waals surface area contributed by atoms with E-state index in [1.807, 2.05) is 0 Å². The van der Waals surface area contributed by atoms with Crippen LogP contribution in [0.1, 0.15) is 36.0 Å². The molecule has 1 aliphatic carbocycles. The second-order valence-electron chi connectivity index (χ2n) is 5.29. The van der Waals surface area contributed by atoms with Crippen LogP contribution in [-0.4, -0.2) is 37.2 Å². The minimum absolute atomic E-state index is 0.0532. The molecule has 7 heteroatoms. The first kappa shape index (κ1) is 15.9. The van der Waals surface area contributed by atoms with E-state index >= 15 is 0 Å². The van der Waals surface area contributed by atoms with Gasteiger partial charge in [-0.2, -0.15) is 0 Å². The van der Waals surface area contributed by atoms with Gasteiger partial charge in [0.25, 0.3) is 0 Å². The molecule has 0 radical (unpaired) electrons. The average Bonchev–Trinajstić information content (AvgIpc) is 2.47. The van der Waals surface area contributed by atoms with E-state index in [1.165, 1.54) is 18.2 Å². The largest absolute Gasteiger partial charge is 0.478 e. The molecule has 116 valence electrons. The summed E-state index contributed by atoms with van der Waals surface area (Å²) in [4.78, 5) is 10.9. The van der Waals surface area contributed by atoms with Crippen molar-refractivity contribution in [2.75, 3.05) is 6.61 Å². The fraction of sp³-hybridized carbons (Fsp3) is 0.500. The molecule has 0 saturated heterocycles. The zero-order chi connectivity index (χ0) is 15.5. The van der Waals surface area contributed by atoms with Crippen molar-refractivity contribution in [3.05, 3.63) is 29.8 Å². The molecule has 1 saturated carbocycles. The molecule has 0 amide bonds. The van der Waals surface area contributed by atoms with Gasteiger partial charge < -0.3 is 10.2 Å². The van der Waals surface area contributed by atoms with Crippen LogP contribution in [0.4, 0.5) is 0 Å². The van der Waals surface area contributed by atoms with Crippen LogP contribution in [-0.2, 0) is 10.0 Å². The summed E-state index contributed by atoms with van der Waals surface area (Å²) in [7, 11) is -3.78. The fourth-order valence-corrected chi connectivity index (χ4v) is 4.03. The van der Waals surface area contributed by atoms with Gasteiger partial charge >= 0.3 is 5.97 Å². The second kappa shape index (κ2) is 6.55. The minimum Gasteiger partial charge on any atom is -0.478 e. The average molecular weight is 313 g/mol. The molecule has 1 aromatic carbocycles. The van der Waals surface area contributed by atoms with Gasteiger partial charge in [0.1, 0.15) is 0 Å². The zero-order valence-electron chi connectivity index (χ0n) is 11.5. The van der Waals surface area contributed by atoms with Crippen molar-refractivity contribution in [1.82, 2.24) is 4.72 Å². The number of aliphatic hydroxyl groups is 1. The summed E-state index contributed by atoms with van der Waals surface area (Å²) in [5.74, 6) is -1.26. The van der Waals surface area contributed by atoms with Crippen molar-refractivity contribution in [3.8, 4) is 0 Å². The van der Waals surface area contributed by atoms with E-state index in [-0.39, 0.29) is 29.0 Å². The molecule has 0 spiro atoms. The highest BCUT2D eigenvalue weighted by Crippen LogP contribution is 2.25. The Balaban J connectivity index is 2.21. The van der Waals surface area contributed by atoms with Gasteiger partial charge in [0, 0.05) is 12.6 Å². The Hall–Kier alpha value is -1.44. The maximum absolute atomic E-state index is 12.4. The number of carboxylic acid groups (broad SMARTS) is 1. The standard InChI is InChI=1S/C14H19NO5S/c16-9-11-4-1-2-7-13(11)15-21(19,20)12-6-3-5-10(8-12)14(17)18/h3,5-6,8,11,13,15-16H,1-2,4,7,9H2,(H,17,18). The Labute approximate surface area is 123 Å². The molecule has 2 unspecified atom stereocenters. The number of aliphatic hydroxyl groups excluding tert-OH is 1. The number of carboxylic acids is 1.